The Morgan fingerprint density at radius 3 is 2.89 bits per heavy atom. The van der Waals surface area contributed by atoms with Gasteiger partial charge in [0.1, 0.15) is 0 Å². The van der Waals surface area contributed by atoms with Crippen LogP contribution >= 0.6 is 23.3 Å². The van der Waals surface area contributed by atoms with Gasteiger partial charge in [0, 0.05) is 23.9 Å². The Morgan fingerprint density at radius 1 is 1.53 bits per heavy atom. The van der Waals surface area contributed by atoms with Gasteiger partial charge in [-0.15, -0.1) is 0 Å². The second-order valence-electron chi connectivity index (χ2n) is 4.40. The summed E-state index contributed by atoms with van der Waals surface area (Å²) in [5, 5.41) is 8.13. The minimum atomic E-state index is -0.105. The summed E-state index contributed by atoms with van der Waals surface area (Å²) in [6.45, 7) is 7.66. The van der Waals surface area contributed by atoms with E-state index in [-0.39, 0.29) is 5.91 Å². The molecule has 0 bridgehead atoms. The second-order valence-corrected chi connectivity index (χ2v) is 6.93. The van der Waals surface area contributed by atoms with Crippen LogP contribution in [0.15, 0.2) is 12.4 Å². The molecular weight excluding hydrogens is 280 g/mol. The average molecular weight is 296 g/mol. The lowest BCUT2D eigenvalue weighted by atomic mass is 10.2. The van der Waals surface area contributed by atoms with Crippen molar-refractivity contribution in [2.75, 3.05) is 5.32 Å². The number of amides is 1. The highest BCUT2D eigenvalue weighted by Crippen LogP contribution is 2.33. The van der Waals surface area contributed by atoms with E-state index in [2.05, 4.69) is 29.2 Å². The van der Waals surface area contributed by atoms with Crippen LogP contribution in [0.5, 0.6) is 0 Å². The molecule has 2 rings (SSSR count). The van der Waals surface area contributed by atoms with Gasteiger partial charge >= 0.3 is 0 Å². The third-order valence-electron chi connectivity index (χ3n) is 2.22. The number of aryl methyl sites for hydroxylation is 1. The molecule has 1 amide bonds. The third kappa shape index (κ3) is 3.57. The lowest BCUT2D eigenvalue weighted by Gasteiger charge is -2.01. The Kier molecular flexibility index (Phi) is 4.26. The van der Waals surface area contributed by atoms with Gasteiger partial charge in [-0.1, -0.05) is 25.2 Å². The van der Waals surface area contributed by atoms with Crippen molar-refractivity contribution in [3.8, 4) is 10.4 Å². The maximum Gasteiger partial charge on any atom is 0.223 e. The summed E-state index contributed by atoms with van der Waals surface area (Å²) in [7, 11) is 0. The first kappa shape index (κ1) is 14.1. The first-order chi connectivity index (χ1) is 8.95. The molecule has 2 heterocycles. The fraction of sp³-hybridized carbons (Fsp3) is 0.417. The van der Waals surface area contributed by atoms with Crippen molar-refractivity contribution in [3.63, 3.8) is 0 Å². The number of aromatic nitrogens is 3. The summed E-state index contributed by atoms with van der Waals surface area (Å²) in [5.74, 6) is -0.105. The Bertz CT molecular complexity index is 588. The largest absolute Gasteiger partial charge is 0.302 e. The van der Waals surface area contributed by atoms with Crippen molar-refractivity contribution in [2.24, 2.45) is 0 Å². The highest BCUT2D eigenvalue weighted by molar-refractivity contribution is 7.98. The molecule has 2 aromatic rings. The molecule has 2 aromatic heterocycles. The Labute approximate surface area is 120 Å². The maximum absolute atomic E-state index is 11.0. The molecule has 7 heteroatoms. The molecule has 1 N–H and O–H groups in total. The van der Waals surface area contributed by atoms with E-state index in [0.29, 0.717) is 10.4 Å². The predicted molar refractivity (Wildman–Crippen MR) is 80.5 cm³/mol. The van der Waals surface area contributed by atoms with Gasteiger partial charge in [0.15, 0.2) is 5.13 Å². The predicted octanol–water partition coefficient (Wildman–Crippen LogP) is 3.18. The lowest BCUT2D eigenvalue weighted by Crippen LogP contribution is -2.04. The smallest absolute Gasteiger partial charge is 0.223 e. The van der Waals surface area contributed by atoms with Crippen LogP contribution in [-0.2, 0) is 4.79 Å². The number of rotatable bonds is 4. The zero-order valence-electron chi connectivity index (χ0n) is 11.3. The highest BCUT2D eigenvalue weighted by Gasteiger charge is 2.12. The van der Waals surface area contributed by atoms with E-state index in [1.165, 1.54) is 18.3 Å². The van der Waals surface area contributed by atoms with E-state index in [1.54, 1.807) is 11.9 Å². The van der Waals surface area contributed by atoms with Crippen LogP contribution in [0.2, 0.25) is 0 Å². The summed E-state index contributed by atoms with van der Waals surface area (Å²) >= 11 is 3.12. The number of nitrogens with one attached hydrogen (secondary N) is 1. The van der Waals surface area contributed by atoms with E-state index in [4.69, 9.17) is 0 Å². The van der Waals surface area contributed by atoms with Crippen LogP contribution in [-0.4, -0.2) is 25.3 Å². The molecule has 5 nitrogen and oxygen atoms in total. The standard InChI is InChI=1S/C12H16N4OS2/c1-7(2)19-16-6-10(5-13-16)11-8(3)14-12(18-11)15-9(4)17/h5-7H,1-4H3,(H,14,15,17). The fourth-order valence-corrected chi connectivity index (χ4v) is 3.26. The molecule has 0 spiro atoms. The Morgan fingerprint density at radius 2 is 2.26 bits per heavy atom. The average Bonchev–Trinajstić information content (AvgIpc) is 2.83. The zero-order chi connectivity index (χ0) is 14.0. The Hall–Kier alpha value is -1.34. The monoisotopic (exact) mass is 296 g/mol. The number of hydrogen-bond donors (Lipinski definition) is 1. The van der Waals surface area contributed by atoms with Crippen molar-refractivity contribution in [2.45, 2.75) is 32.9 Å². The molecular formula is C12H16N4OS2. The molecule has 0 fully saturated rings. The highest BCUT2D eigenvalue weighted by atomic mass is 32.2. The van der Waals surface area contributed by atoms with Gasteiger partial charge in [-0.25, -0.2) is 9.07 Å². The van der Waals surface area contributed by atoms with Crippen molar-refractivity contribution < 1.29 is 4.79 Å². The first-order valence-electron chi connectivity index (χ1n) is 5.93. The molecule has 0 aromatic carbocycles. The normalized spacial score (nSPS) is 11.0. The van der Waals surface area contributed by atoms with Gasteiger partial charge in [-0.3, -0.25) is 4.79 Å². The Balaban J connectivity index is 2.23. The van der Waals surface area contributed by atoms with Crippen LogP contribution in [0.25, 0.3) is 10.4 Å². The van der Waals surface area contributed by atoms with Crippen molar-refractivity contribution in [1.29, 1.82) is 0 Å². The summed E-state index contributed by atoms with van der Waals surface area (Å²) in [6.07, 6.45) is 3.82. The maximum atomic E-state index is 11.0. The molecule has 0 saturated heterocycles. The molecule has 0 aliphatic rings. The second kappa shape index (κ2) is 5.75. The number of anilines is 1. The summed E-state index contributed by atoms with van der Waals surface area (Å²) < 4.78 is 1.86. The van der Waals surface area contributed by atoms with Crippen molar-refractivity contribution in [1.82, 2.24) is 14.2 Å². The van der Waals surface area contributed by atoms with Gasteiger partial charge in [0.25, 0.3) is 0 Å². The lowest BCUT2D eigenvalue weighted by molar-refractivity contribution is -0.114. The van der Waals surface area contributed by atoms with Gasteiger partial charge in [0.05, 0.1) is 16.8 Å². The summed E-state index contributed by atoms with van der Waals surface area (Å²) in [4.78, 5) is 16.4. The van der Waals surface area contributed by atoms with Crippen molar-refractivity contribution >= 4 is 34.3 Å². The van der Waals surface area contributed by atoms with Gasteiger partial charge < -0.3 is 5.32 Å². The van der Waals surface area contributed by atoms with Crippen LogP contribution in [0.3, 0.4) is 0 Å². The molecule has 19 heavy (non-hydrogen) atoms. The zero-order valence-corrected chi connectivity index (χ0v) is 12.9. The summed E-state index contributed by atoms with van der Waals surface area (Å²) in [6, 6.07) is 0. The number of thiazole rings is 1. The topological polar surface area (TPSA) is 59.8 Å². The van der Waals surface area contributed by atoms with Crippen LogP contribution in [0, 0.1) is 6.92 Å². The van der Waals surface area contributed by atoms with Crippen LogP contribution in [0.1, 0.15) is 26.5 Å². The van der Waals surface area contributed by atoms with Gasteiger partial charge in [-0.2, -0.15) is 5.10 Å². The van der Waals surface area contributed by atoms with E-state index in [0.717, 1.165) is 16.1 Å². The van der Waals surface area contributed by atoms with E-state index < -0.39 is 0 Å². The van der Waals surface area contributed by atoms with Crippen LogP contribution < -0.4 is 5.32 Å². The number of carbonyl (C=O) groups is 1. The van der Waals surface area contributed by atoms with E-state index >= 15 is 0 Å². The molecule has 0 saturated carbocycles. The number of nitrogens with zero attached hydrogens (tertiary/aromatic N) is 3. The minimum Gasteiger partial charge on any atom is -0.302 e. The van der Waals surface area contributed by atoms with Crippen LogP contribution in [0.4, 0.5) is 5.13 Å². The SMILES string of the molecule is CC(=O)Nc1nc(C)c(-c2cnn(SC(C)C)c2)s1. The number of hydrogen-bond acceptors (Lipinski definition) is 5. The quantitative estimate of drug-likeness (QED) is 0.941. The summed E-state index contributed by atoms with van der Waals surface area (Å²) in [5.41, 5.74) is 1.93. The first-order valence-corrected chi connectivity index (χ1v) is 7.58. The van der Waals surface area contributed by atoms with Gasteiger partial charge in [0.2, 0.25) is 5.91 Å². The van der Waals surface area contributed by atoms with Gasteiger partial charge in [-0.05, 0) is 18.9 Å². The molecule has 0 radical (unpaired) electrons. The van der Waals surface area contributed by atoms with E-state index in [9.17, 15) is 4.79 Å². The molecule has 0 aliphatic heterocycles. The van der Waals surface area contributed by atoms with Crippen molar-refractivity contribution in [3.05, 3.63) is 18.1 Å². The fourth-order valence-electron chi connectivity index (χ4n) is 1.56. The molecule has 0 unspecified atom stereocenters. The molecule has 0 atom stereocenters. The van der Waals surface area contributed by atoms with E-state index in [1.807, 2.05) is 23.4 Å². The minimum absolute atomic E-state index is 0.105. The number of carbonyl (C=O) groups excluding carboxylic acids is 1. The third-order valence-corrected chi connectivity index (χ3v) is 4.18. The molecule has 0 aliphatic carbocycles. The molecule has 102 valence electrons.